The maximum Gasteiger partial charge on any atom is 0.267 e. The predicted molar refractivity (Wildman–Crippen MR) is 90.9 cm³/mol. The van der Waals surface area contributed by atoms with Crippen molar-refractivity contribution in [1.29, 1.82) is 0 Å². The molecule has 0 aliphatic carbocycles. The zero-order valence-electron chi connectivity index (χ0n) is 12.5. The average Bonchev–Trinajstić information content (AvgIpc) is 2.58. The van der Waals surface area contributed by atoms with Gasteiger partial charge in [0.05, 0.1) is 0 Å². The average molecular weight is 331 g/mol. The second-order valence-electron chi connectivity index (χ2n) is 5.07. The summed E-state index contributed by atoms with van der Waals surface area (Å²) in [7, 11) is 0. The van der Waals surface area contributed by atoms with Gasteiger partial charge in [0.2, 0.25) is 5.91 Å². The molecule has 0 unspecified atom stereocenters. The van der Waals surface area contributed by atoms with Gasteiger partial charge in [0.25, 0.3) is 5.56 Å². The first-order valence-electron chi connectivity index (χ1n) is 7.33. The molecule has 1 fully saturated rings. The number of amides is 1. The van der Waals surface area contributed by atoms with Crippen LogP contribution in [0.5, 0.6) is 0 Å². The molecule has 1 aliphatic rings. The van der Waals surface area contributed by atoms with E-state index in [1.165, 1.54) is 10.7 Å². The van der Waals surface area contributed by atoms with E-state index in [2.05, 4.69) is 20.3 Å². The Kier molecular flexibility index (Phi) is 4.92. The lowest BCUT2D eigenvalue weighted by Gasteiger charge is -2.27. The van der Waals surface area contributed by atoms with Crippen molar-refractivity contribution >= 4 is 29.2 Å². The van der Waals surface area contributed by atoms with Crippen LogP contribution in [-0.2, 0) is 11.3 Å². The second-order valence-corrected chi connectivity index (χ2v) is 6.30. The Morgan fingerprint density at radius 3 is 2.65 bits per heavy atom. The van der Waals surface area contributed by atoms with E-state index in [0.717, 1.165) is 30.4 Å². The van der Waals surface area contributed by atoms with Gasteiger partial charge in [-0.05, 0) is 18.2 Å². The zero-order valence-corrected chi connectivity index (χ0v) is 13.3. The number of hydrogen-bond donors (Lipinski definition) is 1. The van der Waals surface area contributed by atoms with Crippen molar-refractivity contribution in [1.82, 2.24) is 14.8 Å². The van der Waals surface area contributed by atoms with Crippen LogP contribution in [0.2, 0.25) is 0 Å². The Bertz CT molecular complexity index is 728. The van der Waals surface area contributed by atoms with Crippen LogP contribution in [0.4, 0.5) is 11.5 Å². The molecule has 1 N–H and O–H groups in total. The third kappa shape index (κ3) is 4.10. The number of rotatable bonds is 4. The maximum absolute atomic E-state index is 12.1. The minimum Gasteiger partial charge on any atom is -0.354 e. The van der Waals surface area contributed by atoms with Gasteiger partial charge in [-0.3, -0.25) is 14.6 Å². The normalized spacial score (nSPS) is 14.5. The fourth-order valence-electron chi connectivity index (χ4n) is 2.28. The number of carbonyl (C=O) groups is 1. The van der Waals surface area contributed by atoms with Crippen molar-refractivity contribution < 1.29 is 4.79 Å². The number of aromatic nitrogens is 3. The number of hydrogen-bond acceptors (Lipinski definition) is 6. The molecule has 120 valence electrons. The quantitative estimate of drug-likeness (QED) is 0.894. The molecule has 1 amide bonds. The van der Waals surface area contributed by atoms with Crippen molar-refractivity contribution in [3.8, 4) is 0 Å². The Morgan fingerprint density at radius 2 is 1.91 bits per heavy atom. The van der Waals surface area contributed by atoms with Crippen LogP contribution in [0, 0.1) is 0 Å². The number of pyridine rings is 1. The standard InChI is InChI=1S/C15H17N5O2S/c21-14(17-12-3-5-16-6-4-12)11-20-15(22)2-1-13(18-20)19-7-9-23-10-8-19/h1-6H,7-11H2,(H,16,17,21). The highest BCUT2D eigenvalue weighted by Gasteiger charge is 2.14. The molecular weight excluding hydrogens is 314 g/mol. The minimum absolute atomic E-state index is 0.114. The second kappa shape index (κ2) is 7.28. The van der Waals surface area contributed by atoms with Crippen molar-refractivity contribution in [3.05, 3.63) is 47.0 Å². The van der Waals surface area contributed by atoms with Crippen LogP contribution in [0.3, 0.4) is 0 Å². The van der Waals surface area contributed by atoms with Crippen LogP contribution in [-0.4, -0.2) is 45.3 Å². The highest BCUT2D eigenvalue weighted by molar-refractivity contribution is 7.99. The summed E-state index contributed by atoms with van der Waals surface area (Å²) in [6, 6.07) is 6.56. The van der Waals surface area contributed by atoms with E-state index >= 15 is 0 Å². The summed E-state index contributed by atoms with van der Waals surface area (Å²) in [5, 5.41) is 7.05. The number of anilines is 2. The van der Waals surface area contributed by atoms with Gasteiger partial charge in [-0.1, -0.05) is 0 Å². The number of thioether (sulfide) groups is 1. The van der Waals surface area contributed by atoms with Gasteiger partial charge in [0, 0.05) is 48.7 Å². The fraction of sp³-hybridized carbons (Fsp3) is 0.333. The van der Waals surface area contributed by atoms with E-state index in [0.29, 0.717) is 5.69 Å². The summed E-state index contributed by atoms with van der Waals surface area (Å²) in [5.74, 6) is 2.53. The molecule has 0 radical (unpaired) electrons. The topological polar surface area (TPSA) is 80.1 Å². The van der Waals surface area contributed by atoms with E-state index < -0.39 is 0 Å². The molecule has 3 rings (SSSR count). The van der Waals surface area contributed by atoms with Crippen LogP contribution < -0.4 is 15.8 Å². The largest absolute Gasteiger partial charge is 0.354 e. The minimum atomic E-state index is -0.294. The van der Waals surface area contributed by atoms with Gasteiger partial charge in [-0.2, -0.15) is 16.9 Å². The Morgan fingerprint density at radius 1 is 1.17 bits per heavy atom. The summed E-state index contributed by atoms with van der Waals surface area (Å²) in [5.41, 5.74) is 0.354. The molecule has 23 heavy (non-hydrogen) atoms. The van der Waals surface area contributed by atoms with E-state index in [4.69, 9.17) is 0 Å². The highest BCUT2D eigenvalue weighted by atomic mass is 32.2. The predicted octanol–water partition coefficient (Wildman–Crippen LogP) is 0.830. The van der Waals surface area contributed by atoms with Crippen LogP contribution >= 0.6 is 11.8 Å². The Hall–Kier alpha value is -2.35. The molecule has 0 atom stereocenters. The number of nitrogens with zero attached hydrogens (tertiary/aromatic N) is 4. The van der Waals surface area contributed by atoms with Crippen LogP contribution in [0.15, 0.2) is 41.5 Å². The first-order valence-corrected chi connectivity index (χ1v) is 8.48. The van der Waals surface area contributed by atoms with Gasteiger partial charge in [0.15, 0.2) is 0 Å². The lowest BCUT2D eigenvalue weighted by Crippen LogP contribution is -2.36. The monoisotopic (exact) mass is 331 g/mol. The summed E-state index contributed by atoms with van der Waals surface area (Å²) < 4.78 is 1.20. The third-order valence-electron chi connectivity index (χ3n) is 3.45. The zero-order chi connectivity index (χ0) is 16.1. The molecule has 7 nitrogen and oxygen atoms in total. The Balaban J connectivity index is 1.71. The molecule has 8 heteroatoms. The van der Waals surface area contributed by atoms with E-state index in [9.17, 15) is 9.59 Å². The van der Waals surface area contributed by atoms with Crippen LogP contribution in [0.25, 0.3) is 0 Å². The smallest absolute Gasteiger partial charge is 0.267 e. The summed E-state index contributed by atoms with van der Waals surface area (Å²) >= 11 is 1.91. The molecule has 0 aromatic carbocycles. The molecule has 1 saturated heterocycles. The molecular formula is C15H17N5O2S. The van der Waals surface area contributed by atoms with E-state index in [1.807, 2.05) is 11.8 Å². The number of nitrogens with one attached hydrogen (secondary N) is 1. The fourth-order valence-corrected chi connectivity index (χ4v) is 3.19. The van der Waals surface area contributed by atoms with Crippen LogP contribution in [0.1, 0.15) is 0 Å². The summed E-state index contributed by atoms with van der Waals surface area (Å²) in [6.45, 7) is 1.69. The molecule has 2 aromatic heterocycles. The SMILES string of the molecule is O=C(Cn1nc(N2CCSCC2)ccc1=O)Nc1ccncc1. The highest BCUT2D eigenvalue weighted by Crippen LogP contribution is 2.15. The molecule has 0 spiro atoms. The van der Waals surface area contributed by atoms with Gasteiger partial charge in [-0.25, -0.2) is 4.68 Å². The van der Waals surface area contributed by atoms with Gasteiger partial charge < -0.3 is 10.2 Å². The molecule has 0 saturated carbocycles. The van der Waals surface area contributed by atoms with Gasteiger partial charge in [0.1, 0.15) is 12.4 Å². The maximum atomic E-state index is 12.1. The van der Waals surface area contributed by atoms with Gasteiger partial charge >= 0.3 is 0 Å². The first kappa shape index (κ1) is 15.5. The van der Waals surface area contributed by atoms with E-state index in [1.54, 1.807) is 30.6 Å². The lowest BCUT2D eigenvalue weighted by molar-refractivity contribution is -0.117. The molecule has 3 heterocycles. The number of carbonyl (C=O) groups excluding carboxylic acids is 1. The Labute approximate surface area is 137 Å². The van der Waals surface area contributed by atoms with Crippen molar-refractivity contribution in [3.63, 3.8) is 0 Å². The molecule has 2 aromatic rings. The van der Waals surface area contributed by atoms with E-state index in [-0.39, 0.29) is 18.0 Å². The molecule has 1 aliphatic heterocycles. The first-order chi connectivity index (χ1) is 11.2. The van der Waals surface area contributed by atoms with Gasteiger partial charge in [-0.15, -0.1) is 0 Å². The lowest BCUT2D eigenvalue weighted by atomic mass is 10.4. The van der Waals surface area contributed by atoms with Crippen molar-refractivity contribution in [2.24, 2.45) is 0 Å². The molecule has 0 bridgehead atoms. The summed E-state index contributed by atoms with van der Waals surface area (Å²) in [4.78, 5) is 30.0. The summed E-state index contributed by atoms with van der Waals surface area (Å²) in [6.07, 6.45) is 3.18. The van der Waals surface area contributed by atoms with Crippen molar-refractivity contribution in [2.75, 3.05) is 34.8 Å². The third-order valence-corrected chi connectivity index (χ3v) is 4.39. The van der Waals surface area contributed by atoms with Crippen molar-refractivity contribution in [2.45, 2.75) is 6.54 Å².